The zero-order valence-corrected chi connectivity index (χ0v) is 84.2. The van der Waals surface area contributed by atoms with Crippen LogP contribution in [0.5, 0.6) is 23.0 Å². The minimum atomic E-state index is -4.45. The maximum atomic E-state index is 13.5. The van der Waals surface area contributed by atoms with Gasteiger partial charge in [-0.2, -0.15) is 26.0 Å². The minimum absolute atomic E-state index is 0.0399. The molecule has 6 aromatic carbocycles. The van der Waals surface area contributed by atoms with Crippen molar-refractivity contribution in [3.05, 3.63) is 221 Å². The Balaban J connectivity index is 0.000000246. The summed E-state index contributed by atoms with van der Waals surface area (Å²) in [6.45, 7) is 41.6. The standard InChI is InChI=1S/C54H67N5O10S.C51H67N7O8S/c1-34-17-19-42-40(32-34)52(5,6)45(58(42)29-31-68-30-26-56-51(64)54(9)24-23-39-37(4)49(63)35(2)36(3)50(39)69-54)15-13-14-44-53(7,8)41-33-38(70(65,66)67)18-20-43(41)57(44)27-12-10-11-16-46(60)55-25-28-59-47(61)21-22-48(59)62;1-33-18-20-41-39(31-33)49(5,6)44(58(41)28-30-65-29-26-54-48(61)51(9)23-22-38-36(4)46(60)34(2)35(3)47(38)66-51)16-13-15-43-50(7,8)40-32-37(67(62,63)64)19-21-42(40)57(43)27-12-10-11-17-45(59)53-24-14-25-55-56-52/h13-15,17-22,32-33H,10-12,16,23-31H2,1-9H3,(H3-,55,56,60,63,64,65,66,67);13,15-16,18-21,31-32H,10-12,14,17,22-30H2,1-9H3,(H3-,53,54,59,60,61,62,63,64)/p+2. The van der Waals surface area contributed by atoms with Crippen LogP contribution in [0.2, 0.25) is 0 Å². The molecule has 13 rings (SSSR count). The monoisotopic (exact) mass is 1920 g/mol. The average Bonchev–Trinajstić information content (AvgIpc) is 1.63. The van der Waals surface area contributed by atoms with Crippen molar-refractivity contribution in [3.63, 3.8) is 0 Å². The van der Waals surface area contributed by atoms with E-state index >= 15 is 0 Å². The molecule has 7 heterocycles. The van der Waals surface area contributed by atoms with Gasteiger partial charge in [-0.05, 0) is 240 Å². The van der Waals surface area contributed by atoms with Crippen molar-refractivity contribution in [1.29, 1.82) is 0 Å². The minimum Gasteiger partial charge on any atom is -0.507 e. The fourth-order valence-electron chi connectivity index (χ4n) is 19.8. The molecule has 7 aliphatic heterocycles. The molecular formula is C105H136N12O18S2+2. The van der Waals surface area contributed by atoms with Crippen molar-refractivity contribution >= 4 is 89.9 Å². The van der Waals surface area contributed by atoms with Gasteiger partial charge in [-0.3, -0.25) is 42.8 Å². The third-order valence-corrected chi connectivity index (χ3v) is 30.1. The SMILES string of the molecule is Cc1ccc2c(c1)C(C)(C)C(=CC=CC1=[N+](CCCCCC(=O)NCCCN=[N+]=[N-])c3ccc(S(=O)(=O)O)cc3C1(C)C)N2CCOCCNC(=O)C1(C)CCc2c(C)c(O)c(C)c(C)c2O1.Cc1ccc2c(c1)C(C)(C)C(=CC=CC1=[N+](CCCCCC(=O)NCCN3C(=O)C=CC3=O)c3ccc(S(=O)(=O)O)cc3C1(C)C)N2CCOCCNC(=O)C1(C)CCc2c(C)c(O)c(C)c(C)c2O1. The number of aryl methyl sites for hydroxylation is 2. The van der Waals surface area contributed by atoms with E-state index in [2.05, 4.69) is 172 Å². The molecule has 2 atom stereocenters. The lowest BCUT2D eigenvalue weighted by Crippen LogP contribution is -2.51. The number of benzene rings is 6. The van der Waals surface area contributed by atoms with Crippen molar-refractivity contribution in [3.8, 4) is 23.0 Å². The quantitative estimate of drug-likeness (QED) is 0.00338. The Bertz CT molecular complexity index is 6250. The van der Waals surface area contributed by atoms with E-state index in [4.69, 9.17) is 24.5 Å². The molecule has 6 amide bonds. The molecule has 0 saturated carbocycles. The van der Waals surface area contributed by atoms with E-state index in [1.807, 2.05) is 75.3 Å². The van der Waals surface area contributed by atoms with E-state index in [0.29, 0.717) is 142 Å². The van der Waals surface area contributed by atoms with Gasteiger partial charge >= 0.3 is 0 Å². The number of amides is 6. The van der Waals surface area contributed by atoms with Crippen LogP contribution in [-0.4, -0.2) is 200 Å². The number of hydrogen-bond donors (Lipinski definition) is 8. The number of fused-ring (bicyclic) bond motifs is 6. The third kappa shape index (κ3) is 22.7. The van der Waals surface area contributed by atoms with Gasteiger partial charge in [0.15, 0.2) is 22.6 Å². The maximum absolute atomic E-state index is 13.5. The van der Waals surface area contributed by atoms with Crippen LogP contribution in [0, 0.1) is 55.4 Å². The summed E-state index contributed by atoms with van der Waals surface area (Å²) in [6, 6.07) is 22.4. The number of rotatable bonds is 39. The fraction of sp³-hybridized carbons (Fsp3) is 0.486. The Morgan fingerprint density at radius 2 is 0.891 bits per heavy atom. The summed E-state index contributed by atoms with van der Waals surface area (Å²) in [7, 11) is -8.88. The molecule has 0 saturated heterocycles. The van der Waals surface area contributed by atoms with Gasteiger partial charge in [-0.15, -0.1) is 0 Å². The Morgan fingerprint density at radius 3 is 1.29 bits per heavy atom. The summed E-state index contributed by atoms with van der Waals surface area (Å²) < 4.78 is 98.5. The Hall–Kier alpha value is -11.8. The van der Waals surface area contributed by atoms with Gasteiger partial charge in [0.1, 0.15) is 36.1 Å². The average molecular weight is 1920 g/mol. The van der Waals surface area contributed by atoms with Gasteiger partial charge in [0.05, 0.1) is 47.0 Å². The van der Waals surface area contributed by atoms with Crippen LogP contribution in [0.25, 0.3) is 10.4 Å². The highest BCUT2D eigenvalue weighted by molar-refractivity contribution is 7.86. The Labute approximate surface area is 806 Å². The molecule has 6 aromatic rings. The highest BCUT2D eigenvalue weighted by Crippen LogP contribution is 2.52. The predicted octanol–water partition coefficient (Wildman–Crippen LogP) is 15.8. The Kier molecular flexibility index (Phi) is 32.4. The van der Waals surface area contributed by atoms with E-state index in [9.17, 15) is 64.9 Å². The van der Waals surface area contributed by atoms with Crippen molar-refractivity contribution < 1.29 is 93.0 Å². The molecule has 0 bridgehead atoms. The topological polar surface area (TPSA) is 401 Å². The number of allylic oxidation sites excluding steroid dienone is 8. The van der Waals surface area contributed by atoms with Gasteiger partial charge in [0.2, 0.25) is 23.2 Å². The number of imide groups is 1. The number of nitrogens with zero attached hydrogens (tertiary/aromatic N) is 8. The van der Waals surface area contributed by atoms with Crippen LogP contribution >= 0.6 is 0 Å². The molecule has 137 heavy (non-hydrogen) atoms. The summed E-state index contributed by atoms with van der Waals surface area (Å²) in [4.78, 5) is 83.7. The first-order chi connectivity index (χ1) is 64.6. The van der Waals surface area contributed by atoms with E-state index < -0.39 is 42.3 Å². The number of aromatic hydroxyl groups is 2. The summed E-state index contributed by atoms with van der Waals surface area (Å²) in [5.74, 6) is 0.537. The number of nitrogens with one attached hydrogen (secondary N) is 4. The summed E-state index contributed by atoms with van der Waals surface area (Å²) in [6.07, 6.45) is 22.8. The zero-order chi connectivity index (χ0) is 99.8. The van der Waals surface area contributed by atoms with Crippen LogP contribution in [0.3, 0.4) is 0 Å². The first kappa shape index (κ1) is 104. The van der Waals surface area contributed by atoms with Crippen LogP contribution in [-0.2, 0) is 93.0 Å². The number of anilines is 2. The van der Waals surface area contributed by atoms with Crippen molar-refractivity contribution in [2.45, 2.75) is 251 Å². The van der Waals surface area contributed by atoms with E-state index in [1.165, 1.54) is 35.4 Å². The fourth-order valence-corrected chi connectivity index (χ4v) is 20.8. The van der Waals surface area contributed by atoms with E-state index in [0.717, 1.165) is 143 Å². The van der Waals surface area contributed by atoms with Gasteiger partial charge < -0.3 is 60.2 Å². The largest absolute Gasteiger partial charge is 0.507 e. The first-order valence-electron chi connectivity index (χ1n) is 47.5. The van der Waals surface area contributed by atoms with E-state index in [1.54, 1.807) is 24.3 Å². The molecule has 7 aliphatic rings. The second-order valence-corrected chi connectivity index (χ2v) is 42.1. The first-order valence-corrected chi connectivity index (χ1v) is 50.4. The molecular weight excluding hydrogens is 1780 g/mol. The molecule has 2 unspecified atom stereocenters. The van der Waals surface area contributed by atoms with E-state index in [-0.39, 0.29) is 87.1 Å². The molecule has 32 heteroatoms. The highest BCUT2D eigenvalue weighted by atomic mass is 32.2. The number of carbonyl (C=O) groups is 6. The summed E-state index contributed by atoms with van der Waals surface area (Å²) in [5.41, 5.74) is 25.3. The molecule has 0 radical (unpaired) electrons. The van der Waals surface area contributed by atoms with Crippen LogP contribution in [0.4, 0.5) is 22.7 Å². The highest BCUT2D eigenvalue weighted by Gasteiger charge is 2.50. The van der Waals surface area contributed by atoms with Crippen molar-refractivity contribution in [1.82, 2.24) is 26.2 Å². The molecule has 0 fully saturated rings. The number of azide groups is 1. The number of phenolic OH excluding ortho intramolecular Hbond substituents is 2. The number of phenols is 2. The normalized spacial score (nSPS) is 19.1. The number of ether oxygens (including phenoxy) is 4. The lowest BCUT2D eigenvalue weighted by Gasteiger charge is -2.36. The molecule has 0 spiro atoms. The van der Waals surface area contributed by atoms with Crippen LogP contribution < -0.4 is 40.5 Å². The molecule has 734 valence electrons. The zero-order valence-electron chi connectivity index (χ0n) is 82.5. The second kappa shape index (κ2) is 42.7. The van der Waals surface area contributed by atoms with Gasteiger partial charge in [0.25, 0.3) is 43.9 Å². The molecule has 0 aliphatic carbocycles. The van der Waals surface area contributed by atoms with Crippen LogP contribution in [0.15, 0.2) is 148 Å². The molecule has 30 nitrogen and oxygen atoms in total. The number of hydrogen-bond acceptors (Lipinski definition) is 19. The predicted molar refractivity (Wildman–Crippen MR) is 530 cm³/mol. The van der Waals surface area contributed by atoms with Crippen molar-refractivity contribution in [2.24, 2.45) is 5.11 Å². The Morgan fingerprint density at radius 1 is 0.482 bits per heavy atom. The van der Waals surface area contributed by atoms with Crippen LogP contribution in [0.1, 0.15) is 218 Å². The number of unbranched alkanes of at least 4 members (excludes halogenated alkanes) is 4. The van der Waals surface area contributed by atoms with Crippen molar-refractivity contribution in [2.75, 3.05) is 102 Å². The van der Waals surface area contributed by atoms with Gasteiger partial charge in [-0.25, -0.2) is 0 Å². The smallest absolute Gasteiger partial charge is 0.294 e. The van der Waals surface area contributed by atoms with Gasteiger partial charge in [0, 0.05) is 188 Å². The lowest BCUT2D eigenvalue weighted by atomic mass is 9.81. The summed E-state index contributed by atoms with van der Waals surface area (Å²) in [5, 5.41) is 36.4. The number of carbonyl (C=O) groups excluding carboxylic acids is 6. The molecule has 8 N–H and O–H groups in total. The lowest BCUT2D eigenvalue weighted by molar-refractivity contribution is -0.438. The maximum Gasteiger partial charge on any atom is 0.294 e. The molecule has 0 aromatic heterocycles. The van der Waals surface area contributed by atoms with Gasteiger partial charge in [-0.1, -0.05) is 80.4 Å². The summed E-state index contributed by atoms with van der Waals surface area (Å²) >= 11 is 0. The second-order valence-electron chi connectivity index (χ2n) is 39.3. The third-order valence-electron chi connectivity index (χ3n) is 28.4.